The van der Waals surface area contributed by atoms with E-state index in [-0.39, 0.29) is 5.91 Å². The van der Waals surface area contributed by atoms with Gasteiger partial charge in [0.25, 0.3) is 0 Å². The smallest absolute Gasteiger partial charge is 0.226 e. The van der Waals surface area contributed by atoms with E-state index in [1.807, 2.05) is 18.3 Å². The van der Waals surface area contributed by atoms with Crippen LogP contribution in [-0.2, 0) is 11.3 Å². The number of carbonyl (C=O) groups excluding carboxylic acids is 1. The molecule has 1 aromatic heterocycles. The number of fused-ring (bicyclic) bond motifs is 1. The zero-order valence-electron chi connectivity index (χ0n) is 11.6. The molecule has 0 unspecified atom stereocenters. The molecule has 3 N–H and O–H groups in total. The van der Waals surface area contributed by atoms with Gasteiger partial charge in [-0.15, -0.1) is 0 Å². The average molecular weight is 279 g/mol. The van der Waals surface area contributed by atoms with Crippen molar-refractivity contribution in [3.05, 3.63) is 60.8 Å². The SMILES string of the molecule is Nc1ccc(NC(=O)CCn2ccc3ccccc32)cc1. The van der Waals surface area contributed by atoms with E-state index in [0.29, 0.717) is 18.7 Å². The van der Waals surface area contributed by atoms with Crippen molar-refractivity contribution in [2.24, 2.45) is 0 Å². The molecule has 0 radical (unpaired) electrons. The van der Waals surface area contributed by atoms with Crippen molar-refractivity contribution >= 4 is 28.2 Å². The molecule has 3 rings (SSSR count). The van der Waals surface area contributed by atoms with Crippen LogP contribution in [0.4, 0.5) is 11.4 Å². The maximum Gasteiger partial charge on any atom is 0.226 e. The summed E-state index contributed by atoms with van der Waals surface area (Å²) in [5.74, 6) is -0.00227. The van der Waals surface area contributed by atoms with E-state index in [9.17, 15) is 4.79 Å². The second-order valence-corrected chi connectivity index (χ2v) is 4.99. The number of hydrogen-bond donors (Lipinski definition) is 2. The summed E-state index contributed by atoms with van der Waals surface area (Å²) in [5.41, 5.74) is 8.22. The Morgan fingerprint density at radius 2 is 1.81 bits per heavy atom. The predicted octanol–water partition coefficient (Wildman–Crippen LogP) is 3.25. The second kappa shape index (κ2) is 5.71. The molecule has 0 saturated carbocycles. The lowest BCUT2D eigenvalue weighted by atomic mass is 10.2. The fourth-order valence-electron chi connectivity index (χ4n) is 2.35. The number of anilines is 2. The van der Waals surface area contributed by atoms with Gasteiger partial charge in [0.1, 0.15) is 0 Å². The first kappa shape index (κ1) is 13.2. The van der Waals surface area contributed by atoms with Gasteiger partial charge >= 0.3 is 0 Å². The van der Waals surface area contributed by atoms with Gasteiger partial charge in [-0.2, -0.15) is 0 Å². The molecule has 1 amide bonds. The summed E-state index contributed by atoms with van der Waals surface area (Å²) in [6.45, 7) is 0.661. The minimum absolute atomic E-state index is 0.00227. The number of hydrogen-bond acceptors (Lipinski definition) is 2. The molecule has 1 heterocycles. The lowest BCUT2D eigenvalue weighted by Crippen LogP contribution is -2.14. The van der Waals surface area contributed by atoms with Crippen molar-refractivity contribution in [3.8, 4) is 0 Å². The number of para-hydroxylation sites is 1. The van der Waals surface area contributed by atoms with Crippen LogP contribution in [0.5, 0.6) is 0 Å². The summed E-state index contributed by atoms with van der Waals surface area (Å²) < 4.78 is 2.10. The third-order valence-corrected chi connectivity index (χ3v) is 3.45. The Bertz CT molecular complexity index is 759. The highest BCUT2D eigenvalue weighted by Gasteiger charge is 2.05. The van der Waals surface area contributed by atoms with E-state index in [2.05, 4.69) is 28.1 Å². The first-order valence-corrected chi connectivity index (χ1v) is 6.92. The van der Waals surface area contributed by atoms with E-state index in [1.54, 1.807) is 24.3 Å². The number of carbonyl (C=O) groups is 1. The van der Waals surface area contributed by atoms with Crippen LogP contribution in [0.15, 0.2) is 60.8 Å². The van der Waals surface area contributed by atoms with Crippen LogP contribution in [0.25, 0.3) is 10.9 Å². The molecule has 21 heavy (non-hydrogen) atoms. The normalized spacial score (nSPS) is 10.7. The second-order valence-electron chi connectivity index (χ2n) is 4.99. The molecule has 0 atom stereocenters. The Labute approximate surface area is 123 Å². The predicted molar refractivity (Wildman–Crippen MR) is 86.0 cm³/mol. The van der Waals surface area contributed by atoms with Gasteiger partial charge in [0.2, 0.25) is 5.91 Å². The lowest BCUT2D eigenvalue weighted by molar-refractivity contribution is -0.116. The van der Waals surface area contributed by atoms with Gasteiger partial charge in [0.05, 0.1) is 0 Å². The van der Waals surface area contributed by atoms with E-state index in [1.165, 1.54) is 5.39 Å². The van der Waals surface area contributed by atoms with Crippen molar-refractivity contribution in [2.45, 2.75) is 13.0 Å². The molecule has 0 spiro atoms. The largest absolute Gasteiger partial charge is 0.399 e. The van der Waals surface area contributed by atoms with Crippen molar-refractivity contribution in [1.82, 2.24) is 4.57 Å². The summed E-state index contributed by atoms with van der Waals surface area (Å²) in [5, 5.41) is 4.06. The Kier molecular flexibility index (Phi) is 3.60. The highest BCUT2D eigenvalue weighted by Crippen LogP contribution is 2.16. The summed E-state index contributed by atoms with van der Waals surface area (Å²) in [7, 11) is 0. The summed E-state index contributed by atoms with van der Waals surface area (Å²) in [4.78, 5) is 12.0. The molecular weight excluding hydrogens is 262 g/mol. The van der Waals surface area contributed by atoms with Gasteiger partial charge < -0.3 is 15.6 Å². The quantitative estimate of drug-likeness (QED) is 0.720. The molecule has 2 aromatic carbocycles. The van der Waals surface area contributed by atoms with E-state index in [4.69, 9.17) is 5.73 Å². The molecule has 0 aliphatic heterocycles. The number of nitrogen functional groups attached to an aromatic ring is 1. The van der Waals surface area contributed by atoms with Crippen LogP contribution >= 0.6 is 0 Å². The molecule has 0 bridgehead atoms. The van der Waals surface area contributed by atoms with E-state index >= 15 is 0 Å². The first-order valence-electron chi connectivity index (χ1n) is 6.92. The van der Waals surface area contributed by atoms with Crippen LogP contribution in [-0.4, -0.2) is 10.5 Å². The van der Waals surface area contributed by atoms with Gasteiger partial charge in [-0.25, -0.2) is 0 Å². The fraction of sp³-hybridized carbons (Fsp3) is 0.118. The molecular formula is C17H17N3O. The Balaban J connectivity index is 1.62. The number of aromatic nitrogens is 1. The molecule has 0 aliphatic carbocycles. The minimum Gasteiger partial charge on any atom is -0.399 e. The van der Waals surface area contributed by atoms with Gasteiger partial charge in [-0.3, -0.25) is 4.79 Å². The standard InChI is InChI=1S/C17H17N3O/c18-14-5-7-15(8-6-14)19-17(21)10-12-20-11-9-13-3-1-2-4-16(13)20/h1-9,11H,10,12,18H2,(H,19,21). The minimum atomic E-state index is -0.00227. The van der Waals surface area contributed by atoms with Crippen molar-refractivity contribution < 1.29 is 4.79 Å². The molecule has 0 aliphatic rings. The number of nitrogens with zero attached hydrogens (tertiary/aromatic N) is 1. The van der Waals surface area contributed by atoms with Crippen molar-refractivity contribution in [1.29, 1.82) is 0 Å². The first-order chi connectivity index (χ1) is 10.2. The van der Waals surface area contributed by atoms with Gasteiger partial charge in [0.15, 0.2) is 0 Å². The molecule has 4 heteroatoms. The van der Waals surface area contributed by atoms with E-state index in [0.717, 1.165) is 11.2 Å². The average Bonchev–Trinajstić information content (AvgIpc) is 2.91. The lowest BCUT2D eigenvalue weighted by Gasteiger charge is -2.07. The molecule has 4 nitrogen and oxygen atoms in total. The Morgan fingerprint density at radius 3 is 2.62 bits per heavy atom. The molecule has 3 aromatic rings. The van der Waals surface area contributed by atoms with Crippen molar-refractivity contribution in [3.63, 3.8) is 0 Å². The van der Waals surface area contributed by atoms with Crippen LogP contribution < -0.4 is 11.1 Å². The number of aryl methyl sites for hydroxylation is 1. The van der Waals surface area contributed by atoms with E-state index < -0.39 is 0 Å². The topological polar surface area (TPSA) is 60.0 Å². The zero-order chi connectivity index (χ0) is 14.7. The number of nitrogens with two attached hydrogens (primary N) is 1. The number of amides is 1. The third kappa shape index (κ3) is 3.05. The Morgan fingerprint density at radius 1 is 1.05 bits per heavy atom. The fourth-order valence-corrected chi connectivity index (χ4v) is 2.35. The zero-order valence-corrected chi connectivity index (χ0v) is 11.6. The highest BCUT2D eigenvalue weighted by atomic mass is 16.1. The van der Waals surface area contributed by atoms with Crippen LogP contribution in [0.1, 0.15) is 6.42 Å². The highest BCUT2D eigenvalue weighted by molar-refractivity contribution is 5.91. The van der Waals surface area contributed by atoms with Gasteiger partial charge in [-0.05, 0) is 41.8 Å². The maximum absolute atomic E-state index is 12.0. The van der Waals surface area contributed by atoms with Gasteiger partial charge in [0, 0.05) is 36.1 Å². The summed E-state index contributed by atoms with van der Waals surface area (Å²) >= 11 is 0. The Hall–Kier alpha value is -2.75. The maximum atomic E-state index is 12.0. The number of rotatable bonds is 4. The molecule has 106 valence electrons. The van der Waals surface area contributed by atoms with Crippen molar-refractivity contribution in [2.75, 3.05) is 11.1 Å². The van der Waals surface area contributed by atoms with Crippen LogP contribution in [0.2, 0.25) is 0 Å². The third-order valence-electron chi connectivity index (χ3n) is 3.45. The number of benzene rings is 2. The molecule has 0 saturated heterocycles. The monoisotopic (exact) mass is 279 g/mol. The molecule has 0 fully saturated rings. The van der Waals surface area contributed by atoms with Crippen LogP contribution in [0, 0.1) is 0 Å². The summed E-state index contributed by atoms with van der Waals surface area (Å²) in [6.07, 6.45) is 2.45. The van der Waals surface area contributed by atoms with Gasteiger partial charge in [-0.1, -0.05) is 18.2 Å². The summed E-state index contributed by atoms with van der Waals surface area (Å²) in [6, 6.07) is 17.4. The number of nitrogens with one attached hydrogen (secondary N) is 1. The van der Waals surface area contributed by atoms with Crippen LogP contribution in [0.3, 0.4) is 0 Å².